The largest absolute Gasteiger partial charge is 0.348 e. The van der Waals surface area contributed by atoms with Gasteiger partial charge < -0.3 is 4.90 Å². The zero-order valence-corrected chi connectivity index (χ0v) is 10.8. The number of thiophene rings is 1. The topological polar surface area (TPSA) is 29.0 Å². The molecule has 3 rings (SSSR count). The molecule has 2 aromatic rings. The first-order chi connectivity index (χ1) is 8.33. The molecule has 88 valence electrons. The minimum Gasteiger partial charge on any atom is -0.348 e. The van der Waals surface area contributed by atoms with Crippen molar-refractivity contribution in [3.63, 3.8) is 0 Å². The van der Waals surface area contributed by atoms with Crippen LogP contribution in [0.2, 0.25) is 5.15 Å². The van der Waals surface area contributed by atoms with Crippen LogP contribution in [0.1, 0.15) is 18.4 Å². The van der Waals surface area contributed by atoms with Crippen molar-refractivity contribution < 1.29 is 0 Å². The fourth-order valence-electron chi connectivity index (χ4n) is 1.82. The Morgan fingerprint density at radius 2 is 2.18 bits per heavy atom. The van der Waals surface area contributed by atoms with E-state index in [9.17, 15) is 0 Å². The molecule has 0 N–H and O–H groups in total. The molecule has 5 heteroatoms. The maximum Gasteiger partial charge on any atom is 0.151 e. The van der Waals surface area contributed by atoms with Gasteiger partial charge in [0.05, 0.1) is 0 Å². The van der Waals surface area contributed by atoms with Crippen molar-refractivity contribution in [2.75, 3.05) is 4.90 Å². The van der Waals surface area contributed by atoms with Gasteiger partial charge in [0.15, 0.2) is 11.0 Å². The minimum absolute atomic E-state index is 0.444. The molecule has 17 heavy (non-hydrogen) atoms. The summed E-state index contributed by atoms with van der Waals surface area (Å²) in [6.45, 7) is 0.907. The van der Waals surface area contributed by atoms with Crippen LogP contribution in [0.15, 0.2) is 29.0 Å². The van der Waals surface area contributed by atoms with Crippen molar-refractivity contribution >= 4 is 28.8 Å². The van der Waals surface area contributed by atoms with Crippen LogP contribution in [0.3, 0.4) is 0 Å². The number of halogens is 1. The molecular formula is C12H12ClN3S. The molecule has 0 aliphatic heterocycles. The predicted octanol–water partition coefficient (Wildman–Crippen LogP) is 3.36. The minimum atomic E-state index is 0.444. The molecule has 0 atom stereocenters. The van der Waals surface area contributed by atoms with Gasteiger partial charge in [0.25, 0.3) is 0 Å². The molecule has 0 aromatic carbocycles. The molecule has 0 radical (unpaired) electrons. The Bertz CT molecular complexity index is 479. The first-order valence-electron chi connectivity index (χ1n) is 5.60. The van der Waals surface area contributed by atoms with Crippen LogP contribution in [0.4, 0.5) is 5.82 Å². The highest BCUT2D eigenvalue weighted by atomic mass is 35.5. The monoisotopic (exact) mass is 265 g/mol. The molecule has 0 saturated heterocycles. The first-order valence-corrected chi connectivity index (χ1v) is 6.92. The van der Waals surface area contributed by atoms with E-state index in [1.807, 2.05) is 6.07 Å². The lowest BCUT2D eigenvalue weighted by atomic mass is 10.3. The van der Waals surface area contributed by atoms with Crippen LogP contribution in [0, 0.1) is 0 Å². The third-order valence-corrected chi connectivity index (χ3v) is 3.77. The average molecular weight is 266 g/mol. The maximum absolute atomic E-state index is 5.76. The van der Waals surface area contributed by atoms with Gasteiger partial charge in [-0.25, -0.2) is 0 Å². The van der Waals surface area contributed by atoms with Crippen molar-refractivity contribution in [3.8, 4) is 0 Å². The molecule has 2 heterocycles. The van der Waals surface area contributed by atoms with Gasteiger partial charge in [-0.05, 0) is 47.4 Å². The van der Waals surface area contributed by atoms with E-state index in [2.05, 4.69) is 31.9 Å². The van der Waals surface area contributed by atoms with Crippen molar-refractivity contribution in [2.24, 2.45) is 0 Å². The fraction of sp³-hybridized carbons (Fsp3) is 0.333. The number of hydrogen-bond acceptors (Lipinski definition) is 4. The van der Waals surface area contributed by atoms with Crippen LogP contribution >= 0.6 is 22.9 Å². The van der Waals surface area contributed by atoms with Gasteiger partial charge in [0.2, 0.25) is 0 Å². The number of hydrogen-bond donors (Lipinski definition) is 0. The highest BCUT2D eigenvalue weighted by Crippen LogP contribution is 2.32. The summed E-state index contributed by atoms with van der Waals surface area (Å²) in [4.78, 5) is 2.31. The molecule has 0 amide bonds. The van der Waals surface area contributed by atoms with Gasteiger partial charge in [-0.3, -0.25) is 0 Å². The SMILES string of the molecule is Clc1ccc(N(Cc2ccsc2)C2CC2)nn1. The summed E-state index contributed by atoms with van der Waals surface area (Å²) in [5.74, 6) is 0.920. The molecule has 1 aliphatic rings. The quantitative estimate of drug-likeness (QED) is 0.849. The van der Waals surface area contributed by atoms with Crippen molar-refractivity contribution in [2.45, 2.75) is 25.4 Å². The zero-order valence-electron chi connectivity index (χ0n) is 9.21. The fourth-order valence-corrected chi connectivity index (χ4v) is 2.59. The van der Waals surface area contributed by atoms with Crippen LogP contribution < -0.4 is 4.90 Å². The Labute approximate surface area is 109 Å². The zero-order chi connectivity index (χ0) is 11.7. The Kier molecular flexibility index (Phi) is 2.99. The molecule has 0 unspecified atom stereocenters. The van der Waals surface area contributed by atoms with Gasteiger partial charge in [-0.2, -0.15) is 11.3 Å². The summed E-state index contributed by atoms with van der Waals surface area (Å²) >= 11 is 7.49. The Morgan fingerprint density at radius 1 is 1.29 bits per heavy atom. The molecule has 0 spiro atoms. The van der Waals surface area contributed by atoms with Gasteiger partial charge in [-0.15, -0.1) is 10.2 Å². The third kappa shape index (κ3) is 2.58. The van der Waals surface area contributed by atoms with Gasteiger partial charge in [-0.1, -0.05) is 11.6 Å². The van der Waals surface area contributed by atoms with Crippen molar-refractivity contribution in [1.29, 1.82) is 0 Å². The first kappa shape index (κ1) is 11.0. The molecule has 3 nitrogen and oxygen atoms in total. The van der Waals surface area contributed by atoms with Crippen molar-refractivity contribution in [3.05, 3.63) is 39.7 Å². The Hall–Kier alpha value is -1.13. The number of rotatable bonds is 4. The smallest absolute Gasteiger partial charge is 0.151 e. The summed E-state index contributed by atoms with van der Waals surface area (Å²) in [5, 5.41) is 12.8. The molecule has 0 bridgehead atoms. The normalized spacial score (nSPS) is 14.9. The second-order valence-electron chi connectivity index (χ2n) is 4.20. The summed E-state index contributed by atoms with van der Waals surface area (Å²) in [6.07, 6.45) is 2.49. The van der Waals surface area contributed by atoms with E-state index in [0.717, 1.165) is 12.4 Å². The third-order valence-electron chi connectivity index (χ3n) is 2.83. The predicted molar refractivity (Wildman–Crippen MR) is 70.6 cm³/mol. The van der Waals surface area contributed by atoms with Crippen LogP contribution in [-0.2, 0) is 6.54 Å². The lowest BCUT2D eigenvalue weighted by Crippen LogP contribution is -2.25. The lowest BCUT2D eigenvalue weighted by Gasteiger charge is -2.22. The van der Waals surface area contributed by atoms with E-state index in [0.29, 0.717) is 11.2 Å². The van der Waals surface area contributed by atoms with Crippen LogP contribution in [0.5, 0.6) is 0 Å². The average Bonchev–Trinajstić information content (AvgIpc) is 3.05. The van der Waals surface area contributed by atoms with E-state index < -0.39 is 0 Å². The molecular weight excluding hydrogens is 254 g/mol. The standard InChI is InChI=1S/C12H12ClN3S/c13-11-3-4-12(15-14-11)16(10-1-2-10)7-9-5-6-17-8-9/h3-6,8,10H,1-2,7H2. The highest BCUT2D eigenvalue weighted by molar-refractivity contribution is 7.07. The molecule has 1 aliphatic carbocycles. The maximum atomic E-state index is 5.76. The lowest BCUT2D eigenvalue weighted by molar-refractivity contribution is 0.766. The van der Waals surface area contributed by atoms with Crippen molar-refractivity contribution in [1.82, 2.24) is 10.2 Å². The van der Waals surface area contributed by atoms with Crippen LogP contribution in [-0.4, -0.2) is 16.2 Å². The van der Waals surface area contributed by atoms with E-state index in [-0.39, 0.29) is 0 Å². The van der Waals surface area contributed by atoms with E-state index in [1.54, 1.807) is 17.4 Å². The van der Waals surface area contributed by atoms with Gasteiger partial charge in [0, 0.05) is 12.6 Å². The highest BCUT2D eigenvalue weighted by Gasteiger charge is 2.30. The number of nitrogens with zero attached hydrogens (tertiary/aromatic N) is 3. The molecule has 2 aromatic heterocycles. The summed E-state index contributed by atoms with van der Waals surface area (Å²) < 4.78 is 0. The van der Waals surface area contributed by atoms with Gasteiger partial charge in [0.1, 0.15) is 0 Å². The van der Waals surface area contributed by atoms with Crippen LogP contribution in [0.25, 0.3) is 0 Å². The summed E-state index contributed by atoms with van der Waals surface area (Å²) in [7, 11) is 0. The number of aromatic nitrogens is 2. The second-order valence-corrected chi connectivity index (χ2v) is 5.37. The Balaban J connectivity index is 1.82. The van der Waals surface area contributed by atoms with E-state index in [1.165, 1.54) is 18.4 Å². The Morgan fingerprint density at radius 3 is 2.76 bits per heavy atom. The summed E-state index contributed by atoms with van der Waals surface area (Å²) in [5.41, 5.74) is 1.33. The molecule has 1 fully saturated rings. The molecule has 1 saturated carbocycles. The van der Waals surface area contributed by atoms with Gasteiger partial charge >= 0.3 is 0 Å². The number of anilines is 1. The summed E-state index contributed by atoms with van der Waals surface area (Å²) in [6, 6.07) is 6.52. The van der Waals surface area contributed by atoms with E-state index in [4.69, 9.17) is 11.6 Å². The van der Waals surface area contributed by atoms with E-state index >= 15 is 0 Å². The second kappa shape index (κ2) is 4.63.